The number of hydrogen-bond donors (Lipinski definition) is 0. The van der Waals surface area contributed by atoms with Crippen molar-refractivity contribution in [1.29, 1.82) is 0 Å². The number of hydrogen-bond acceptors (Lipinski definition) is 2. The summed E-state index contributed by atoms with van der Waals surface area (Å²) in [6, 6.07) is 84.3. The molecule has 0 unspecified atom stereocenters. The predicted molar refractivity (Wildman–Crippen MR) is 268 cm³/mol. The van der Waals surface area contributed by atoms with Crippen molar-refractivity contribution >= 4 is 44.6 Å². The standard InChI is InChI=1S/C62H43NS/c1-5-19-42(20-6-1)61(43-21-7-2-8-22-43)55-30-16-13-27-49(55)51-36-33-46(39-57(51)61)63(48-35-38-54-53-29-15-18-32-59(53)64-60(54)41-48)47-34-37-52-50-28-14-17-31-56(50)62(58(52)40-47,44-23-9-3-10-24-44)45-25-11-4-12-26-45/h1-17,19-31,33-41H,18,32H2. The molecule has 64 heavy (non-hydrogen) atoms. The highest BCUT2D eigenvalue weighted by Gasteiger charge is 2.48. The Labute approximate surface area is 378 Å². The molecule has 2 heteroatoms. The topological polar surface area (TPSA) is 3.24 Å². The number of fused-ring (bicyclic) bond motifs is 9. The largest absolute Gasteiger partial charge is 0.310 e. The number of rotatable bonds is 7. The van der Waals surface area contributed by atoms with Gasteiger partial charge in [0.2, 0.25) is 0 Å². The summed E-state index contributed by atoms with van der Waals surface area (Å²) in [6.45, 7) is 0. The van der Waals surface area contributed by atoms with Crippen LogP contribution in [0.2, 0.25) is 0 Å². The Kier molecular flexibility index (Phi) is 8.41. The predicted octanol–water partition coefficient (Wildman–Crippen LogP) is 16.1. The smallest absolute Gasteiger partial charge is 0.0714 e. The first-order valence-electron chi connectivity index (χ1n) is 22.5. The second-order valence-corrected chi connectivity index (χ2v) is 18.5. The number of nitrogens with zero attached hydrogens (tertiary/aromatic N) is 1. The Hall–Kier alpha value is -7.52. The minimum absolute atomic E-state index is 0.519. The van der Waals surface area contributed by atoms with Crippen LogP contribution in [-0.2, 0) is 17.3 Å². The Balaban J connectivity index is 1.10. The van der Waals surface area contributed by atoms with Crippen LogP contribution in [0.5, 0.6) is 0 Å². The fourth-order valence-corrected chi connectivity index (χ4v) is 12.9. The van der Waals surface area contributed by atoms with E-state index in [9.17, 15) is 0 Å². The van der Waals surface area contributed by atoms with Gasteiger partial charge in [-0.05, 0) is 122 Å². The van der Waals surface area contributed by atoms with E-state index in [2.05, 4.69) is 242 Å². The molecule has 13 rings (SSSR count). The number of benzene rings is 9. The van der Waals surface area contributed by atoms with Crippen LogP contribution in [0.1, 0.15) is 61.4 Å². The van der Waals surface area contributed by atoms with Crippen LogP contribution >= 0.6 is 11.3 Å². The van der Waals surface area contributed by atoms with Gasteiger partial charge in [-0.2, -0.15) is 0 Å². The van der Waals surface area contributed by atoms with Crippen molar-refractivity contribution in [3.63, 3.8) is 0 Å². The summed E-state index contributed by atoms with van der Waals surface area (Å²) in [4.78, 5) is 4.01. The SMILES string of the molecule is C1=Cc2c(sc3cc(N(c4ccc5c(c4)C(c4ccccc4)(c4ccccc4)c4ccccc4-5)c4ccc5c(c4)C(c4ccccc4)(c4ccccc4)c4ccccc4-5)ccc23)CC1. The summed E-state index contributed by atoms with van der Waals surface area (Å²) in [5.74, 6) is 0. The molecule has 1 heterocycles. The molecule has 302 valence electrons. The Morgan fingerprint density at radius 2 is 0.781 bits per heavy atom. The second-order valence-electron chi connectivity index (χ2n) is 17.4. The number of aryl methyl sites for hydroxylation is 1. The highest BCUT2D eigenvalue weighted by Crippen LogP contribution is 2.59. The zero-order valence-corrected chi connectivity index (χ0v) is 36.1. The molecule has 3 aliphatic rings. The van der Waals surface area contributed by atoms with E-state index in [0.29, 0.717) is 0 Å². The number of thiophene rings is 1. The van der Waals surface area contributed by atoms with E-state index in [4.69, 9.17) is 0 Å². The molecule has 0 saturated heterocycles. The van der Waals surface area contributed by atoms with Gasteiger partial charge in [0.15, 0.2) is 0 Å². The van der Waals surface area contributed by atoms with Crippen molar-refractivity contribution in [1.82, 2.24) is 0 Å². The molecule has 0 fully saturated rings. The third kappa shape index (κ3) is 5.24. The summed E-state index contributed by atoms with van der Waals surface area (Å²) in [7, 11) is 0. The van der Waals surface area contributed by atoms with Gasteiger partial charge in [-0.3, -0.25) is 0 Å². The van der Waals surface area contributed by atoms with Gasteiger partial charge in [0.1, 0.15) is 0 Å². The molecule has 0 bridgehead atoms. The van der Waals surface area contributed by atoms with Crippen LogP contribution in [0.15, 0.2) is 231 Å². The number of anilines is 3. The normalized spacial score (nSPS) is 14.6. The van der Waals surface area contributed by atoms with Crippen molar-refractivity contribution in [2.75, 3.05) is 4.90 Å². The molecule has 1 nitrogen and oxygen atoms in total. The van der Waals surface area contributed by atoms with E-state index in [1.54, 1.807) is 0 Å². The summed E-state index contributed by atoms with van der Waals surface area (Å²) in [5.41, 5.74) is 19.2. The van der Waals surface area contributed by atoms with E-state index in [0.717, 1.165) is 29.9 Å². The fraction of sp³-hybridized carbons (Fsp3) is 0.0645. The average molecular weight is 834 g/mol. The first-order chi connectivity index (χ1) is 31.7. The molecule has 9 aromatic carbocycles. The fourth-order valence-electron chi connectivity index (χ4n) is 11.7. The zero-order valence-electron chi connectivity index (χ0n) is 35.3. The average Bonchev–Trinajstić information content (AvgIpc) is 3.99. The minimum atomic E-state index is -0.519. The molecule has 0 amide bonds. The molecule has 3 aliphatic carbocycles. The molecule has 1 aromatic heterocycles. The molecule has 10 aromatic rings. The first-order valence-corrected chi connectivity index (χ1v) is 23.3. The summed E-state index contributed by atoms with van der Waals surface area (Å²) < 4.78 is 1.33. The maximum absolute atomic E-state index is 2.53. The monoisotopic (exact) mass is 833 g/mol. The third-order valence-electron chi connectivity index (χ3n) is 14.3. The van der Waals surface area contributed by atoms with Gasteiger partial charge in [0.05, 0.1) is 10.8 Å². The summed E-state index contributed by atoms with van der Waals surface area (Å²) >= 11 is 1.96. The third-order valence-corrected chi connectivity index (χ3v) is 15.5. The summed E-state index contributed by atoms with van der Waals surface area (Å²) in [5, 5.41) is 1.34. The Bertz CT molecular complexity index is 3180. The van der Waals surface area contributed by atoms with E-state index >= 15 is 0 Å². The van der Waals surface area contributed by atoms with Gasteiger partial charge < -0.3 is 4.90 Å². The van der Waals surface area contributed by atoms with Gasteiger partial charge in [-0.15, -0.1) is 11.3 Å². The maximum Gasteiger partial charge on any atom is 0.0714 e. The van der Waals surface area contributed by atoms with Gasteiger partial charge in [0.25, 0.3) is 0 Å². The van der Waals surface area contributed by atoms with E-state index < -0.39 is 10.8 Å². The van der Waals surface area contributed by atoms with E-state index in [-0.39, 0.29) is 0 Å². The molecular formula is C62H43NS. The van der Waals surface area contributed by atoms with Gasteiger partial charge in [-0.1, -0.05) is 200 Å². The first kappa shape index (κ1) is 37.1. The van der Waals surface area contributed by atoms with Gasteiger partial charge >= 0.3 is 0 Å². The molecular weight excluding hydrogens is 791 g/mol. The van der Waals surface area contributed by atoms with Crippen molar-refractivity contribution in [2.45, 2.75) is 23.7 Å². The summed E-state index contributed by atoms with van der Waals surface area (Å²) in [6.07, 6.45) is 6.87. The lowest BCUT2D eigenvalue weighted by Gasteiger charge is -2.36. The molecule has 0 N–H and O–H groups in total. The van der Waals surface area contributed by atoms with Crippen LogP contribution in [0, 0.1) is 0 Å². The quantitative estimate of drug-likeness (QED) is 0.155. The Morgan fingerprint density at radius 1 is 0.375 bits per heavy atom. The lowest BCUT2D eigenvalue weighted by atomic mass is 9.67. The lowest BCUT2D eigenvalue weighted by molar-refractivity contribution is 0.767. The maximum atomic E-state index is 2.53. The van der Waals surface area contributed by atoms with Crippen molar-refractivity contribution < 1.29 is 0 Å². The van der Waals surface area contributed by atoms with Crippen molar-refractivity contribution in [3.05, 3.63) is 285 Å². The molecule has 0 saturated carbocycles. The second kappa shape index (κ2) is 14.5. The van der Waals surface area contributed by atoms with Crippen molar-refractivity contribution in [3.8, 4) is 22.3 Å². The Morgan fingerprint density at radius 3 is 1.27 bits per heavy atom. The van der Waals surface area contributed by atoms with Gasteiger partial charge in [-0.25, -0.2) is 0 Å². The van der Waals surface area contributed by atoms with Crippen LogP contribution in [-0.4, -0.2) is 0 Å². The van der Waals surface area contributed by atoms with E-state index in [1.807, 2.05) is 11.3 Å². The van der Waals surface area contributed by atoms with Crippen LogP contribution in [0.3, 0.4) is 0 Å². The van der Waals surface area contributed by atoms with Gasteiger partial charge in [0, 0.05) is 32.0 Å². The van der Waals surface area contributed by atoms with Crippen LogP contribution in [0.25, 0.3) is 38.4 Å². The number of allylic oxidation sites excluding steroid dienone is 1. The van der Waals surface area contributed by atoms with E-state index in [1.165, 1.54) is 87.3 Å². The minimum Gasteiger partial charge on any atom is -0.310 e. The van der Waals surface area contributed by atoms with Crippen molar-refractivity contribution in [2.24, 2.45) is 0 Å². The highest BCUT2D eigenvalue weighted by atomic mass is 32.1. The highest BCUT2D eigenvalue weighted by molar-refractivity contribution is 7.19. The molecule has 0 atom stereocenters. The molecule has 0 aliphatic heterocycles. The molecule has 0 spiro atoms. The lowest BCUT2D eigenvalue weighted by Crippen LogP contribution is -2.29. The zero-order chi connectivity index (χ0) is 42.2. The van der Waals surface area contributed by atoms with Crippen LogP contribution in [0.4, 0.5) is 17.1 Å². The van der Waals surface area contributed by atoms with Crippen LogP contribution < -0.4 is 4.90 Å². The molecule has 0 radical (unpaired) electrons.